The number of aromatic nitrogens is 2. The molecule has 0 aliphatic rings. The maximum Gasteiger partial charge on any atom is 0.673 e. The van der Waals surface area contributed by atoms with E-state index >= 15 is 0 Å². The van der Waals surface area contributed by atoms with Crippen LogP contribution in [-0.2, 0) is 16.0 Å². The van der Waals surface area contributed by atoms with Crippen molar-refractivity contribution in [1.29, 1.82) is 0 Å². The molecule has 0 radical (unpaired) electrons. The third-order valence-corrected chi connectivity index (χ3v) is 1.09. The quantitative estimate of drug-likeness (QED) is 0.472. The minimum atomic E-state index is -6.00. The average molecular weight is 227 g/mol. The lowest BCUT2D eigenvalue weighted by molar-refractivity contribution is -0.139. The van der Waals surface area contributed by atoms with Crippen LogP contribution in [0.3, 0.4) is 0 Å². The number of hydrogen-bond donors (Lipinski definition) is 1. The van der Waals surface area contributed by atoms with Gasteiger partial charge in [-0.1, -0.05) is 0 Å². The predicted octanol–water partition coefficient (Wildman–Crippen LogP) is 1.43. The van der Waals surface area contributed by atoms with E-state index in [2.05, 4.69) is 14.7 Å². The molecule has 1 heterocycles. The number of carbonyl (C=O) groups is 1. The van der Waals surface area contributed by atoms with Gasteiger partial charge in [0.1, 0.15) is 12.2 Å². The lowest BCUT2D eigenvalue weighted by atomic mass is 10.3. The summed E-state index contributed by atoms with van der Waals surface area (Å²) in [6, 6.07) is 0. The summed E-state index contributed by atoms with van der Waals surface area (Å²) >= 11 is 0. The second-order valence-electron chi connectivity index (χ2n) is 2.28. The molecule has 1 aromatic heterocycles. The third-order valence-electron chi connectivity index (χ3n) is 1.09. The molecule has 86 valence electrons. The molecule has 0 fully saturated rings. The van der Waals surface area contributed by atoms with Crippen molar-refractivity contribution in [1.82, 2.24) is 9.97 Å². The summed E-state index contributed by atoms with van der Waals surface area (Å²) in [7, 11) is -4.65. The number of imidazole rings is 1. The average Bonchev–Trinajstić information content (AvgIpc) is 2.53. The first-order chi connectivity index (χ1) is 6.83. The first-order valence-electron chi connectivity index (χ1n) is 3.75. The Morgan fingerprint density at radius 3 is 2.40 bits per heavy atom. The normalized spacial score (nSPS) is 10.2. The van der Waals surface area contributed by atoms with Gasteiger partial charge in [-0.3, -0.25) is 4.79 Å². The topological polar surface area (TPSA) is 55.0 Å². The number of aromatic amines is 1. The molecule has 0 aliphatic carbocycles. The molecule has 0 saturated carbocycles. The Bertz CT molecular complexity index is 282. The Labute approximate surface area is 82.8 Å². The first-order valence-corrected chi connectivity index (χ1v) is 3.75. The highest BCUT2D eigenvalue weighted by atomic mass is 19.5. The third kappa shape index (κ3) is 10.4. The van der Waals surface area contributed by atoms with E-state index in [1.54, 1.807) is 12.4 Å². The van der Waals surface area contributed by atoms with Gasteiger partial charge < -0.3 is 27.0 Å². The van der Waals surface area contributed by atoms with Crippen molar-refractivity contribution in [3.05, 3.63) is 18.2 Å². The molecule has 0 spiro atoms. The number of carbonyl (C=O) groups excluding carboxylic acids is 1. The van der Waals surface area contributed by atoms with Gasteiger partial charge in [0.2, 0.25) is 0 Å². The van der Waals surface area contributed by atoms with Crippen LogP contribution in [-0.4, -0.2) is 30.3 Å². The van der Waals surface area contributed by atoms with E-state index < -0.39 is 7.25 Å². The zero-order chi connectivity index (χ0) is 11.9. The summed E-state index contributed by atoms with van der Waals surface area (Å²) in [6.45, 7) is 0. The molecule has 1 N–H and O–H groups in total. The summed E-state index contributed by atoms with van der Waals surface area (Å²) in [5.74, 6) is 0.349. The van der Waals surface area contributed by atoms with Gasteiger partial charge in [-0.25, -0.2) is 4.98 Å². The van der Waals surface area contributed by atoms with Crippen LogP contribution >= 0.6 is 0 Å². The number of halogens is 4. The van der Waals surface area contributed by atoms with Gasteiger partial charge in [0, 0.05) is 12.4 Å². The molecule has 15 heavy (non-hydrogen) atoms. The number of rotatable bonds is 2. The number of H-pyrrole nitrogens is 1. The van der Waals surface area contributed by atoms with E-state index in [0.29, 0.717) is 5.82 Å². The fraction of sp³-hybridized carbons (Fsp3) is 0.333. The molecule has 9 heteroatoms. The zero-order valence-corrected chi connectivity index (χ0v) is 7.71. The van der Waals surface area contributed by atoms with Crippen LogP contribution in [0.15, 0.2) is 12.4 Å². The monoisotopic (exact) mass is 227 g/mol. The molecule has 0 aliphatic heterocycles. The van der Waals surface area contributed by atoms with Crippen molar-refractivity contribution in [2.45, 2.75) is 6.42 Å². The van der Waals surface area contributed by atoms with Gasteiger partial charge in [-0.05, 0) is 0 Å². The second kappa shape index (κ2) is 6.04. The summed E-state index contributed by atoms with van der Waals surface area (Å²) in [6.07, 6.45) is 3.47. The molecule has 0 aromatic carbocycles. The number of methoxy groups -OCH3 is 1. The molecule has 4 nitrogen and oxygen atoms in total. The fourth-order valence-corrected chi connectivity index (χ4v) is 0.604. The number of esters is 1. The Hall–Kier alpha value is -1.54. The Morgan fingerprint density at radius 1 is 1.53 bits per heavy atom. The Morgan fingerprint density at radius 2 is 2.07 bits per heavy atom. The summed E-state index contributed by atoms with van der Waals surface area (Å²) in [4.78, 5) is 17.2. The highest BCUT2D eigenvalue weighted by molar-refractivity contribution is 6.50. The summed E-state index contributed by atoms with van der Waals surface area (Å²) < 4.78 is 43.4. The van der Waals surface area contributed by atoms with Crippen LogP contribution in [0, 0.1) is 0 Å². The molecule has 1 aromatic rings. The molecule has 0 unspecified atom stereocenters. The zero-order valence-electron chi connectivity index (χ0n) is 7.71. The van der Waals surface area contributed by atoms with Gasteiger partial charge >= 0.3 is 13.2 Å². The molecule has 1 rings (SSSR count). The van der Waals surface area contributed by atoms with E-state index in [9.17, 15) is 22.1 Å². The number of ether oxygens (including phenoxy) is 1. The summed E-state index contributed by atoms with van der Waals surface area (Å²) in [5, 5.41) is 0. The SMILES string of the molecule is COC(=O)Cc1ncc[nH]1.F[B-](F)(F)F. The Balaban J connectivity index is 0.000000336. The minimum absolute atomic E-state index is 0.212. The van der Waals surface area contributed by atoms with E-state index in [-0.39, 0.29) is 12.4 Å². The van der Waals surface area contributed by atoms with E-state index in [0.717, 1.165) is 0 Å². The standard InChI is InChI=1S/C6H8N2O2.BF4/c1-10-6(9)4-5-7-2-3-8-5;2-1(3,4)5/h2-3H,4H2,1H3,(H,7,8);/q;-1. The van der Waals surface area contributed by atoms with E-state index in [1.807, 2.05) is 0 Å². The van der Waals surface area contributed by atoms with Crippen molar-refractivity contribution >= 4 is 13.2 Å². The van der Waals surface area contributed by atoms with Gasteiger partial charge in [0.15, 0.2) is 0 Å². The highest BCUT2D eigenvalue weighted by Gasteiger charge is 2.20. The minimum Gasteiger partial charge on any atom is -0.469 e. The van der Waals surface area contributed by atoms with Crippen LogP contribution in [0.2, 0.25) is 0 Å². The summed E-state index contributed by atoms with van der Waals surface area (Å²) in [5.41, 5.74) is 0. The van der Waals surface area contributed by atoms with Crippen LogP contribution in [0.25, 0.3) is 0 Å². The highest BCUT2D eigenvalue weighted by Crippen LogP contribution is 2.06. The number of hydrogen-bond acceptors (Lipinski definition) is 3. The molecular weight excluding hydrogens is 219 g/mol. The molecule has 0 saturated heterocycles. The van der Waals surface area contributed by atoms with Gasteiger partial charge in [-0.15, -0.1) is 0 Å². The van der Waals surface area contributed by atoms with Crippen molar-refractivity contribution in [2.24, 2.45) is 0 Å². The van der Waals surface area contributed by atoms with Gasteiger partial charge in [-0.2, -0.15) is 0 Å². The lowest BCUT2D eigenvalue weighted by Crippen LogP contribution is -2.05. The van der Waals surface area contributed by atoms with Crippen LogP contribution in [0.1, 0.15) is 5.82 Å². The lowest BCUT2D eigenvalue weighted by Gasteiger charge is -1.94. The van der Waals surface area contributed by atoms with Crippen molar-refractivity contribution in [2.75, 3.05) is 7.11 Å². The number of nitrogens with one attached hydrogen (secondary N) is 1. The smallest absolute Gasteiger partial charge is 0.469 e. The van der Waals surface area contributed by atoms with Crippen LogP contribution in [0.4, 0.5) is 17.3 Å². The predicted molar refractivity (Wildman–Crippen MR) is 44.5 cm³/mol. The second-order valence-corrected chi connectivity index (χ2v) is 2.28. The number of nitrogens with zero attached hydrogens (tertiary/aromatic N) is 1. The van der Waals surface area contributed by atoms with Gasteiger partial charge in [0.25, 0.3) is 0 Å². The van der Waals surface area contributed by atoms with Crippen molar-refractivity contribution in [3.8, 4) is 0 Å². The largest absolute Gasteiger partial charge is 0.673 e. The van der Waals surface area contributed by atoms with Crippen LogP contribution in [0.5, 0.6) is 0 Å². The van der Waals surface area contributed by atoms with Crippen molar-refractivity contribution < 1.29 is 26.8 Å². The fourth-order valence-electron chi connectivity index (χ4n) is 0.604. The van der Waals surface area contributed by atoms with E-state index in [4.69, 9.17) is 0 Å². The Kier molecular flexibility index (Phi) is 5.43. The van der Waals surface area contributed by atoms with Gasteiger partial charge in [0.05, 0.1) is 7.11 Å². The molecule has 0 atom stereocenters. The first kappa shape index (κ1) is 13.5. The molecule has 0 amide bonds. The van der Waals surface area contributed by atoms with Crippen molar-refractivity contribution in [3.63, 3.8) is 0 Å². The molecule has 0 bridgehead atoms. The van der Waals surface area contributed by atoms with Crippen LogP contribution < -0.4 is 0 Å². The molecular formula is C6H8BF4N2O2-. The maximum atomic E-state index is 10.6. The maximum absolute atomic E-state index is 10.6. The van der Waals surface area contributed by atoms with E-state index in [1.165, 1.54) is 7.11 Å².